The van der Waals surface area contributed by atoms with Gasteiger partial charge in [0.1, 0.15) is 0 Å². The van der Waals surface area contributed by atoms with Gasteiger partial charge in [0.05, 0.1) is 0 Å². The van der Waals surface area contributed by atoms with Crippen molar-refractivity contribution >= 4 is 25.1 Å². The van der Waals surface area contributed by atoms with Gasteiger partial charge in [0.25, 0.3) is 0 Å². The molecular formula is C18H22GeN2. The topological polar surface area (TPSA) is 6.48 Å². The van der Waals surface area contributed by atoms with Crippen LogP contribution in [-0.4, -0.2) is 13.7 Å². The van der Waals surface area contributed by atoms with Gasteiger partial charge in [-0.15, -0.1) is 0 Å². The summed E-state index contributed by atoms with van der Waals surface area (Å²) in [5, 5.41) is 0. The average molecular weight is 339 g/mol. The number of nitrogens with zero attached hydrogens (tertiary/aromatic N) is 2. The van der Waals surface area contributed by atoms with Crippen molar-refractivity contribution in [2.24, 2.45) is 0 Å². The zero-order chi connectivity index (χ0) is 15.0. The Hall–Kier alpha value is -1.68. The molecule has 1 heterocycles. The summed E-state index contributed by atoms with van der Waals surface area (Å²) in [6.07, 6.45) is 4.48. The third kappa shape index (κ3) is 2.60. The van der Waals surface area contributed by atoms with E-state index >= 15 is 0 Å². The summed E-state index contributed by atoms with van der Waals surface area (Å²) >= 11 is -2.33. The summed E-state index contributed by atoms with van der Waals surface area (Å²) in [7, 11) is 0. The van der Waals surface area contributed by atoms with Crippen molar-refractivity contribution in [3.05, 3.63) is 72.1 Å². The van der Waals surface area contributed by atoms with Crippen LogP contribution in [0.1, 0.15) is 11.1 Å². The Morgan fingerprint density at radius 2 is 0.952 bits per heavy atom. The van der Waals surface area contributed by atoms with Crippen LogP contribution in [0.4, 0.5) is 11.4 Å². The van der Waals surface area contributed by atoms with Gasteiger partial charge in [-0.1, -0.05) is 0 Å². The van der Waals surface area contributed by atoms with E-state index in [9.17, 15) is 0 Å². The molecule has 0 radical (unpaired) electrons. The van der Waals surface area contributed by atoms with Crippen molar-refractivity contribution in [2.75, 3.05) is 7.71 Å². The minimum atomic E-state index is -2.33. The van der Waals surface area contributed by atoms with E-state index in [0.29, 0.717) is 0 Å². The van der Waals surface area contributed by atoms with Crippen LogP contribution in [0.2, 0.25) is 11.5 Å². The van der Waals surface area contributed by atoms with Gasteiger partial charge in [0, 0.05) is 0 Å². The number of hydrogen-bond acceptors (Lipinski definition) is 2. The molecule has 0 unspecified atom stereocenters. The number of benzene rings is 2. The van der Waals surface area contributed by atoms with Crippen molar-refractivity contribution in [3.8, 4) is 0 Å². The predicted molar refractivity (Wildman–Crippen MR) is 93.9 cm³/mol. The molecule has 0 N–H and O–H groups in total. The Kier molecular flexibility index (Phi) is 3.58. The van der Waals surface area contributed by atoms with Gasteiger partial charge in [-0.25, -0.2) is 0 Å². The number of rotatable bonds is 2. The molecule has 3 heteroatoms. The van der Waals surface area contributed by atoms with Gasteiger partial charge in [0.2, 0.25) is 0 Å². The first-order valence-electron chi connectivity index (χ1n) is 7.39. The van der Waals surface area contributed by atoms with E-state index in [-0.39, 0.29) is 0 Å². The van der Waals surface area contributed by atoms with Crippen molar-refractivity contribution in [1.29, 1.82) is 0 Å². The summed E-state index contributed by atoms with van der Waals surface area (Å²) in [5.74, 6) is 4.86. The normalized spacial score (nSPS) is 16.6. The van der Waals surface area contributed by atoms with E-state index in [0.717, 1.165) is 0 Å². The van der Waals surface area contributed by atoms with Crippen molar-refractivity contribution < 1.29 is 0 Å². The van der Waals surface area contributed by atoms with Crippen LogP contribution in [0.15, 0.2) is 60.9 Å². The van der Waals surface area contributed by atoms with E-state index in [1.54, 1.807) is 0 Å². The number of hydrogen-bond donors (Lipinski definition) is 0. The summed E-state index contributed by atoms with van der Waals surface area (Å²) in [6, 6.07) is 17.7. The molecule has 0 saturated carbocycles. The quantitative estimate of drug-likeness (QED) is 0.725. The summed E-state index contributed by atoms with van der Waals surface area (Å²) < 4.78 is 5.00. The molecule has 108 valence electrons. The second kappa shape index (κ2) is 5.26. The van der Waals surface area contributed by atoms with E-state index in [1.165, 1.54) is 22.5 Å². The van der Waals surface area contributed by atoms with E-state index in [2.05, 4.69) is 94.0 Å². The number of aryl methyl sites for hydroxylation is 2. The van der Waals surface area contributed by atoms with Crippen LogP contribution in [0.25, 0.3) is 0 Å². The second-order valence-electron chi connectivity index (χ2n) is 6.20. The molecule has 0 aliphatic carbocycles. The molecule has 1 aliphatic rings. The molecular weight excluding hydrogens is 317 g/mol. The molecule has 2 aromatic carbocycles. The number of anilines is 2. The van der Waals surface area contributed by atoms with Crippen LogP contribution in [0, 0.1) is 13.8 Å². The van der Waals surface area contributed by atoms with Crippen molar-refractivity contribution in [2.45, 2.75) is 25.4 Å². The minimum absolute atomic E-state index is 1.30. The van der Waals surface area contributed by atoms with E-state index in [4.69, 9.17) is 0 Å². The first-order valence-corrected chi connectivity index (χ1v) is 13.5. The predicted octanol–water partition coefficient (Wildman–Crippen LogP) is 4.80. The third-order valence-corrected chi connectivity index (χ3v) is 10.8. The first kappa shape index (κ1) is 14.3. The van der Waals surface area contributed by atoms with Gasteiger partial charge >= 0.3 is 130 Å². The zero-order valence-corrected chi connectivity index (χ0v) is 15.3. The standard InChI is InChI=1S/C18H22GeN2/c1-15-5-9-17(10-6-15)20-13-14-21(19(20,3)4)18-11-7-16(2)8-12-18/h5-14H,1-4H3. The van der Waals surface area contributed by atoms with Crippen LogP contribution >= 0.6 is 0 Å². The zero-order valence-electron chi connectivity index (χ0n) is 13.2. The molecule has 21 heavy (non-hydrogen) atoms. The van der Waals surface area contributed by atoms with Crippen molar-refractivity contribution in [1.82, 2.24) is 0 Å². The van der Waals surface area contributed by atoms with Crippen LogP contribution in [0.5, 0.6) is 0 Å². The Bertz CT molecular complexity index is 599. The third-order valence-electron chi connectivity index (χ3n) is 4.17. The Labute approximate surface area is 130 Å². The average Bonchev–Trinajstić information content (AvgIpc) is 2.76. The molecule has 0 amide bonds. The van der Waals surface area contributed by atoms with Crippen LogP contribution < -0.4 is 7.71 Å². The van der Waals surface area contributed by atoms with Gasteiger partial charge in [-0.2, -0.15) is 0 Å². The van der Waals surface area contributed by atoms with Crippen LogP contribution in [0.3, 0.4) is 0 Å². The van der Waals surface area contributed by atoms with Gasteiger partial charge in [-0.3, -0.25) is 0 Å². The maximum absolute atomic E-state index is 2.50. The Morgan fingerprint density at radius 3 is 1.29 bits per heavy atom. The molecule has 2 nitrogen and oxygen atoms in total. The molecule has 3 rings (SSSR count). The monoisotopic (exact) mass is 340 g/mol. The molecule has 0 atom stereocenters. The molecule has 0 saturated heterocycles. The Balaban J connectivity index is 1.92. The fourth-order valence-electron chi connectivity index (χ4n) is 2.83. The molecule has 2 aromatic rings. The molecule has 0 fully saturated rings. The molecule has 0 spiro atoms. The summed E-state index contributed by atoms with van der Waals surface area (Å²) in [5.41, 5.74) is 5.22. The van der Waals surface area contributed by atoms with Gasteiger partial charge < -0.3 is 0 Å². The summed E-state index contributed by atoms with van der Waals surface area (Å²) in [6.45, 7) is 4.27. The van der Waals surface area contributed by atoms with E-state index in [1.807, 2.05) is 0 Å². The van der Waals surface area contributed by atoms with Gasteiger partial charge in [0.15, 0.2) is 0 Å². The first-order chi connectivity index (χ1) is 9.98. The molecule has 0 bridgehead atoms. The second-order valence-corrected chi connectivity index (χ2v) is 14.5. The maximum atomic E-state index is 2.50. The van der Waals surface area contributed by atoms with E-state index < -0.39 is 13.7 Å². The molecule has 0 aromatic heterocycles. The Morgan fingerprint density at radius 1 is 0.619 bits per heavy atom. The SMILES string of the molecule is Cc1ccc([N]2C=C[N](c3ccc(C)cc3)[Ge]2([CH3])[CH3])cc1. The van der Waals surface area contributed by atoms with Crippen LogP contribution in [-0.2, 0) is 0 Å². The fourth-order valence-corrected chi connectivity index (χ4v) is 8.40. The fraction of sp³-hybridized carbons (Fsp3) is 0.222. The van der Waals surface area contributed by atoms with Gasteiger partial charge in [-0.05, 0) is 0 Å². The summed E-state index contributed by atoms with van der Waals surface area (Å²) in [4.78, 5) is 0. The molecule has 1 aliphatic heterocycles. The van der Waals surface area contributed by atoms with Crippen molar-refractivity contribution in [3.63, 3.8) is 0 Å².